The van der Waals surface area contributed by atoms with Gasteiger partial charge >= 0.3 is 5.97 Å². The van der Waals surface area contributed by atoms with Crippen LogP contribution in [0.4, 0.5) is 0 Å². The van der Waals surface area contributed by atoms with Gasteiger partial charge in [0.15, 0.2) is 0 Å². The van der Waals surface area contributed by atoms with E-state index in [2.05, 4.69) is 67.9 Å². The number of nitrogens with zero attached hydrogens (tertiary/aromatic N) is 1. The van der Waals surface area contributed by atoms with Gasteiger partial charge in [0.25, 0.3) is 0 Å². The maximum atomic E-state index is 12.7. The molecule has 3 rings (SSSR count). The monoisotopic (exact) mass is 528 g/mol. The van der Waals surface area contributed by atoms with E-state index < -0.39 is 8.07 Å². The van der Waals surface area contributed by atoms with Gasteiger partial charge in [-0.1, -0.05) is 61.6 Å². The molecule has 2 aromatic rings. The number of ether oxygens (including phenoxy) is 3. The van der Waals surface area contributed by atoms with E-state index in [1.807, 2.05) is 16.2 Å². The molecule has 1 heterocycles. The number of cyclic esters (lactones) is 1. The molecule has 1 atom stereocenters. The molecule has 0 bridgehead atoms. The first-order valence-electron chi connectivity index (χ1n) is 12.9. The summed E-state index contributed by atoms with van der Waals surface area (Å²) >= 11 is 0. The van der Waals surface area contributed by atoms with Crippen LogP contribution >= 0.6 is 9.24 Å². The highest BCUT2D eigenvalue weighted by Gasteiger charge is 2.33. The van der Waals surface area contributed by atoms with E-state index >= 15 is 0 Å². The van der Waals surface area contributed by atoms with Crippen LogP contribution in [0.5, 0.6) is 11.5 Å². The number of fused-ring (bicyclic) bond motifs is 1. The Kier molecular flexibility index (Phi) is 10.2. The molecule has 2 aromatic carbocycles. The number of esters is 1. The summed E-state index contributed by atoms with van der Waals surface area (Å²) in [4.78, 5) is 15.2. The number of carbonyl (C=O) groups excluding carboxylic acids is 1. The minimum Gasteiger partial charge on any atom is -0.496 e. The highest BCUT2D eigenvalue weighted by molar-refractivity contribution is 7.16. The van der Waals surface area contributed by atoms with E-state index in [4.69, 9.17) is 14.2 Å². The SMILES string of the molecule is COc1c(C)c2c(c(OCC[Si](C)(C)C)c1C/C=C(\C)CN(CC[PH3+])Cc1ccccc1)C(=O)OC2. The van der Waals surface area contributed by atoms with Crippen molar-refractivity contribution in [3.05, 3.63) is 69.8 Å². The van der Waals surface area contributed by atoms with Crippen LogP contribution in [0, 0.1) is 6.92 Å². The van der Waals surface area contributed by atoms with Crippen molar-refractivity contribution in [3.63, 3.8) is 0 Å². The fourth-order valence-electron chi connectivity index (χ4n) is 4.60. The first-order chi connectivity index (χ1) is 17.1. The van der Waals surface area contributed by atoms with Gasteiger partial charge in [0, 0.05) is 38.8 Å². The number of hydrogen-bond acceptors (Lipinski definition) is 5. The van der Waals surface area contributed by atoms with Crippen molar-refractivity contribution in [2.75, 3.05) is 33.0 Å². The van der Waals surface area contributed by atoms with Crippen LogP contribution in [-0.4, -0.2) is 51.9 Å². The second kappa shape index (κ2) is 12.9. The van der Waals surface area contributed by atoms with E-state index in [1.165, 1.54) is 11.1 Å². The summed E-state index contributed by atoms with van der Waals surface area (Å²) in [5.74, 6) is 1.15. The maximum Gasteiger partial charge on any atom is 0.342 e. The first kappa shape index (κ1) is 28.4. The van der Waals surface area contributed by atoms with Gasteiger partial charge in [0.05, 0.1) is 19.9 Å². The van der Waals surface area contributed by atoms with Crippen LogP contribution in [0.15, 0.2) is 42.0 Å². The third-order valence-corrected chi connectivity index (χ3v) is 8.60. The quantitative estimate of drug-likeness (QED) is 0.138. The van der Waals surface area contributed by atoms with Gasteiger partial charge in [-0.05, 0) is 46.7 Å². The zero-order valence-electron chi connectivity index (χ0n) is 22.9. The molecule has 1 unspecified atom stereocenters. The lowest BCUT2D eigenvalue weighted by molar-refractivity contribution is 0.0532. The smallest absolute Gasteiger partial charge is 0.342 e. The fourth-order valence-corrected chi connectivity index (χ4v) is 5.76. The summed E-state index contributed by atoms with van der Waals surface area (Å²) in [6.45, 7) is 14.9. The van der Waals surface area contributed by atoms with Crippen molar-refractivity contribution < 1.29 is 19.0 Å². The van der Waals surface area contributed by atoms with Gasteiger partial charge in [0.1, 0.15) is 23.7 Å². The average molecular weight is 529 g/mol. The molecule has 0 spiro atoms. The molecular formula is C29H43NO4PSi+. The van der Waals surface area contributed by atoms with Crippen molar-refractivity contribution in [2.45, 2.75) is 59.1 Å². The molecule has 0 radical (unpaired) electrons. The molecule has 0 saturated heterocycles. The highest BCUT2D eigenvalue weighted by Crippen LogP contribution is 2.43. The number of rotatable bonds is 13. The molecule has 1 aliphatic rings. The van der Waals surface area contributed by atoms with Crippen LogP contribution in [0.1, 0.15) is 39.5 Å². The van der Waals surface area contributed by atoms with Gasteiger partial charge in [-0.15, -0.1) is 0 Å². The summed E-state index contributed by atoms with van der Waals surface area (Å²) in [5, 5.41) is 0. The Morgan fingerprint density at radius 1 is 1.19 bits per heavy atom. The molecule has 1 aliphatic heterocycles. The Morgan fingerprint density at radius 3 is 2.56 bits per heavy atom. The summed E-state index contributed by atoms with van der Waals surface area (Å²) < 4.78 is 17.7. The van der Waals surface area contributed by atoms with Crippen molar-refractivity contribution in [1.29, 1.82) is 0 Å². The van der Waals surface area contributed by atoms with Crippen LogP contribution in [0.2, 0.25) is 25.7 Å². The molecule has 196 valence electrons. The zero-order chi connectivity index (χ0) is 26.3. The first-order valence-corrected chi connectivity index (χ1v) is 17.6. The van der Waals surface area contributed by atoms with Crippen molar-refractivity contribution >= 4 is 23.3 Å². The second-order valence-electron chi connectivity index (χ2n) is 10.9. The molecule has 7 heteroatoms. The molecular weight excluding hydrogens is 485 g/mol. The van der Waals surface area contributed by atoms with E-state index in [9.17, 15) is 4.79 Å². The number of methoxy groups -OCH3 is 1. The maximum absolute atomic E-state index is 12.7. The van der Waals surface area contributed by atoms with Crippen LogP contribution in [-0.2, 0) is 24.3 Å². The number of allylic oxidation sites excluding steroid dienone is 1. The predicted octanol–water partition coefficient (Wildman–Crippen LogP) is 5.99. The molecule has 0 fully saturated rings. The number of carbonyl (C=O) groups is 1. The molecule has 0 saturated carbocycles. The lowest BCUT2D eigenvalue weighted by Crippen LogP contribution is -2.27. The lowest BCUT2D eigenvalue weighted by Gasteiger charge is -2.23. The lowest BCUT2D eigenvalue weighted by atomic mass is 9.94. The van der Waals surface area contributed by atoms with E-state index in [0.717, 1.165) is 54.3 Å². The fraction of sp³-hybridized carbons (Fsp3) is 0.483. The van der Waals surface area contributed by atoms with Crippen LogP contribution < -0.4 is 9.47 Å². The molecule has 0 aliphatic carbocycles. The normalized spacial score (nSPS) is 13.8. The van der Waals surface area contributed by atoms with Crippen LogP contribution in [0.3, 0.4) is 0 Å². The predicted molar refractivity (Wildman–Crippen MR) is 156 cm³/mol. The number of hydrogen-bond donors (Lipinski definition) is 0. The largest absolute Gasteiger partial charge is 0.496 e. The van der Waals surface area contributed by atoms with Gasteiger partial charge in [-0.3, -0.25) is 4.90 Å². The van der Waals surface area contributed by atoms with E-state index in [1.54, 1.807) is 7.11 Å². The third kappa shape index (κ3) is 7.44. The van der Waals surface area contributed by atoms with Crippen LogP contribution in [0.25, 0.3) is 0 Å². The third-order valence-electron chi connectivity index (χ3n) is 6.58. The van der Waals surface area contributed by atoms with Gasteiger partial charge in [-0.2, -0.15) is 0 Å². The van der Waals surface area contributed by atoms with E-state index in [0.29, 0.717) is 24.3 Å². The average Bonchev–Trinajstić information content (AvgIpc) is 3.21. The Labute approximate surface area is 220 Å². The Bertz CT molecular complexity index is 1080. The molecule has 0 aromatic heterocycles. The second-order valence-corrected chi connectivity index (χ2v) is 17.2. The molecule has 0 N–H and O–H groups in total. The van der Waals surface area contributed by atoms with Crippen molar-refractivity contribution in [1.82, 2.24) is 4.90 Å². The summed E-state index contributed by atoms with van der Waals surface area (Å²) in [6.07, 6.45) is 4.03. The molecule has 0 amide bonds. The molecule has 36 heavy (non-hydrogen) atoms. The van der Waals surface area contributed by atoms with Gasteiger partial charge in [-0.25, -0.2) is 4.79 Å². The van der Waals surface area contributed by atoms with E-state index in [-0.39, 0.29) is 12.6 Å². The Hall–Kier alpha value is -2.14. The van der Waals surface area contributed by atoms with Gasteiger partial charge in [0.2, 0.25) is 0 Å². The topological polar surface area (TPSA) is 48.0 Å². The highest BCUT2D eigenvalue weighted by atomic mass is 31.0. The molecule has 5 nitrogen and oxygen atoms in total. The summed E-state index contributed by atoms with van der Waals surface area (Å²) in [6, 6.07) is 11.7. The number of benzene rings is 2. The van der Waals surface area contributed by atoms with Crippen molar-refractivity contribution in [3.8, 4) is 11.5 Å². The summed E-state index contributed by atoms with van der Waals surface area (Å²) in [7, 11) is 2.42. The standard InChI is InChI=1S/C29H42NO4PSi/c1-21(18-30(14-16-35)19-23-10-8-7-9-11-23)12-13-24-27(32-3)22(2)25-20-34-29(31)26(25)28(24)33-15-17-36(4,5)6/h7-12H,13-20,35H2,1-6H3/p+1/b21-12+. The van der Waals surface area contributed by atoms with Crippen molar-refractivity contribution in [2.24, 2.45) is 0 Å². The minimum absolute atomic E-state index is 0.280. The Morgan fingerprint density at radius 2 is 1.92 bits per heavy atom. The minimum atomic E-state index is -1.29. The Balaban J connectivity index is 1.88. The summed E-state index contributed by atoms with van der Waals surface area (Å²) in [5.41, 5.74) is 6.00. The zero-order valence-corrected chi connectivity index (χ0v) is 25.3. The van der Waals surface area contributed by atoms with Gasteiger partial charge < -0.3 is 14.2 Å².